The van der Waals surface area contributed by atoms with E-state index in [-0.39, 0.29) is 23.1 Å². The molecule has 1 unspecified atom stereocenters. The number of amides is 2. The zero-order valence-electron chi connectivity index (χ0n) is 10.5. The number of benzene rings is 1. The molecule has 1 aromatic carbocycles. The Kier molecular flexibility index (Phi) is 2.65. The lowest BCUT2D eigenvalue weighted by atomic mass is 10.2. The summed E-state index contributed by atoms with van der Waals surface area (Å²) < 4.78 is 26.1. The maximum Gasteiger partial charge on any atom is 0.263 e. The summed E-state index contributed by atoms with van der Waals surface area (Å²) in [6.07, 6.45) is -0.0390. The van der Waals surface area contributed by atoms with Gasteiger partial charge in [0.05, 0.1) is 11.3 Å². The lowest BCUT2D eigenvalue weighted by Crippen LogP contribution is -2.29. The third-order valence-corrected chi connectivity index (χ3v) is 4.70. The predicted molar refractivity (Wildman–Crippen MR) is 69.5 cm³/mol. The lowest BCUT2D eigenvalue weighted by molar-refractivity contribution is -0.136. The van der Waals surface area contributed by atoms with Crippen molar-refractivity contribution >= 4 is 27.7 Å². The monoisotopic (exact) mass is 293 g/mol. The number of carbonyl (C=O) groups is 2. The Morgan fingerprint density at radius 2 is 2.00 bits per heavy atom. The maximum absolute atomic E-state index is 11.9. The molecule has 2 aliphatic rings. The Morgan fingerprint density at radius 1 is 1.30 bits per heavy atom. The highest BCUT2D eigenvalue weighted by atomic mass is 32.2. The molecule has 8 heteroatoms. The predicted octanol–water partition coefficient (Wildman–Crippen LogP) is -0.518. The van der Waals surface area contributed by atoms with Crippen LogP contribution in [0.5, 0.6) is 0 Å². The van der Waals surface area contributed by atoms with Crippen LogP contribution in [-0.4, -0.2) is 44.1 Å². The average Bonchev–Trinajstić information content (AvgIpc) is 2.80. The Hall–Kier alpha value is -2.22. The fourth-order valence-electron chi connectivity index (χ4n) is 2.22. The number of nitrogens with zero attached hydrogens (tertiary/aromatic N) is 2. The Bertz CT molecular complexity index is 754. The maximum atomic E-state index is 11.9. The minimum atomic E-state index is -3.63. The highest BCUT2D eigenvalue weighted by molar-refractivity contribution is 7.90. The summed E-state index contributed by atoms with van der Waals surface area (Å²) in [6.45, 7) is 0. The van der Waals surface area contributed by atoms with Crippen molar-refractivity contribution in [3.8, 4) is 0 Å². The largest absolute Gasteiger partial charge is 0.284 e. The summed E-state index contributed by atoms with van der Waals surface area (Å²) in [4.78, 5) is 28.5. The van der Waals surface area contributed by atoms with Gasteiger partial charge in [-0.2, -0.15) is 0 Å². The average molecular weight is 293 g/mol. The van der Waals surface area contributed by atoms with Crippen LogP contribution in [0.3, 0.4) is 0 Å². The number of hydrogen-bond donors (Lipinski definition) is 1. The van der Waals surface area contributed by atoms with Crippen LogP contribution < -0.4 is 4.72 Å². The van der Waals surface area contributed by atoms with Crippen molar-refractivity contribution in [3.63, 3.8) is 0 Å². The lowest BCUT2D eigenvalue weighted by Gasteiger charge is -2.06. The second-order valence-corrected chi connectivity index (χ2v) is 6.24. The molecule has 1 saturated heterocycles. The first kappa shape index (κ1) is 12.8. The molecular formula is C12H11N3O4S. The SMILES string of the molecule is CN1C(=O)CC(N=C2NS(=O)(=O)c3ccccc32)C1=O. The van der Waals surface area contributed by atoms with Gasteiger partial charge in [0.2, 0.25) is 5.91 Å². The molecule has 0 aromatic heterocycles. The van der Waals surface area contributed by atoms with Crippen LogP contribution in [0, 0.1) is 0 Å². The van der Waals surface area contributed by atoms with Gasteiger partial charge in [0.15, 0.2) is 0 Å². The van der Waals surface area contributed by atoms with Crippen molar-refractivity contribution in [2.45, 2.75) is 17.4 Å². The van der Waals surface area contributed by atoms with E-state index in [1.807, 2.05) is 0 Å². The van der Waals surface area contributed by atoms with Crippen LogP contribution in [-0.2, 0) is 19.6 Å². The molecular weight excluding hydrogens is 282 g/mol. The number of carbonyl (C=O) groups excluding carboxylic acids is 2. The molecule has 2 amide bonds. The van der Waals surface area contributed by atoms with Gasteiger partial charge >= 0.3 is 0 Å². The molecule has 2 heterocycles. The standard InChI is InChI=1S/C12H11N3O4S/c1-15-10(16)6-8(12(15)17)13-11-7-4-2-3-5-9(7)20(18,19)14-11/h2-5,8H,6H2,1H3,(H,13,14). The van der Waals surface area contributed by atoms with Crippen molar-refractivity contribution in [3.05, 3.63) is 29.8 Å². The third-order valence-electron chi connectivity index (χ3n) is 3.31. The van der Waals surface area contributed by atoms with Crippen LogP contribution in [0.25, 0.3) is 0 Å². The molecule has 7 nitrogen and oxygen atoms in total. The van der Waals surface area contributed by atoms with E-state index in [2.05, 4.69) is 9.71 Å². The van der Waals surface area contributed by atoms with Crippen molar-refractivity contribution in [1.29, 1.82) is 0 Å². The summed E-state index contributed by atoms with van der Waals surface area (Å²) in [7, 11) is -2.25. The fourth-order valence-corrected chi connectivity index (χ4v) is 3.46. The van der Waals surface area contributed by atoms with Crippen LogP contribution in [0.4, 0.5) is 0 Å². The number of sulfonamides is 1. The van der Waals surface area contributed by atoms with Gasteiger partial charge in [0.1, 0.15) is 11.9 Å². The van der Waals surface area contributed by atoms with E-state index in [1.54, 1.807) is 18.2 Å². The quantitative estimate of drug-likeness (QED) is 0.705. The number of rotatable bonds is 1. The highest BCUT2D eigenvalue weighted by Crippen LogP contribution is 2.24. The van der Waals surface area contributed by atoms with Crippen LogP contribution in [0.1, 0.15) is 12.0 Å². The van der Waals surface area contributed by atoms with E-state index < -0.39 is 22.0 Å². The molecule has 0 saturated carbocycles. The van der Waals surface area contributed by atoms with E-state index in [0.717, 1.165) is 4.90 Å². The number of likely N-dealkylation sites (N-methyl/N-ethyl adjacent to an activating group) is 1. The summed E-state index contributed by atoms with van der Waals surface area (Å²) in [5.41, 5.74) is 0.419. The number of fused-ring (bicyclic) bond motifs is 1. The van der Waals surface area contributed by atoms with E-state index in [4.69, 9.17) is 0 Å². The third kappa shape index (κ3) is 1.80. The number of aliphatic imine (C=N–C) groups is 1. The van der Waals surface area contributed by atoms with Crippen molar-refractivity contribution in [1.82, 2.24) is 9.62 Å². The van der Waals surface area contributed by atoms with Crippen LogP contribution in [0.2, 0.25) is 0 Å². The molecule has 1 fully saturated rings. The van der Waals surface area contributed by atoms with E-state index >= 15 is 0 Å². The number of imide groups is 1. The number of nitrogens with one attached hydrogen (secondary N) is 1. The smallest absolute Gasteiger partial charge is 0.263 e. The second-order valence-electron chi connectivity index (χ2n) is 4.59. The van der Waals surface area contributed by atoms with Crippen molar-refractivity contribution < 1.29 is 18.0 Å². The normalized spacial score (nSPS) is 25.9. The first-order valence-electron chi connectivity index (χ1n) is 5.90. The van der Waals surface area contributed by atoms with E-state index in [0.29, 0.717) is 5.56 Å². The summed E-state index contributed by atoms with van der Waals surface area (Å²) in [6, 6.07) is 5.50. The molecule has 3 rings (SSSR count). The Balaban J connectivity index is 2.04. The summed E-state index contributed by atoms with van der Waals surface area (Å²) >= 11 is 0. The number of likely N-dealkylation sites (tertiary alicyclic amines) is 1. The van der Waals surface area contributed by atoms with Gasteiger partial charge in [-0.25, -0.2) is 8.42 Å². The molecule has 0 spiro atoms. The second kappa shape index (κ2) is 4.14. The molecule has 1 N–H and O–H groups in total. The molecule has 104 valence electrons. The topological polar surface area (TPSA) is 95.9 Å². The fraction of sp³-hybridized carbons (Fsp3) is 0.250. The number of hydrogen-bond acceptors (Lipinski definition) is 5. The minimum absolute atomic E-state index is 0.0390. The van der Waals surface area contributed by atoms with Crippen LogP contribution >= 0.6 is 0 Å². The van der Waals surface area contributed by atoms with Gasteiger partial charge in [-0.3, -0.25) is 24.2 Å². The van der Waals surface area contributed by atoms with Gasteiger partial charge in [-0.1, -0.05) is 12.1 Å². The van der Waals surface area contributed by atoms with Crippen molar-refractivity contribution in [2.24, 2.45) is 4.99 Å². The summed E-state index contributed by atoms with van der Waals surface area (Å²) in [5.74, 6) is -0.633. The van der Waals surface area contributed by atoms with Crippen molar-refractivity contribution in [2.75, 3.05) is 7.05 Å². The first-order valence-corrected chi connectivity index (χ1v) is 7.39. The molecule has 20 heavy (non-hydrogen) atoms. The molecule has 1 atom stereocenters. The Morgan fingerprint density at radius 3 is 2.65 bits per heavy atom. The molecule has 2 aliphatic heterocycles. The van der Waals surface area contributed by atoms with E-state index in [1.165, 1.54) is 13.1 Å². The van der Waals surface area contributed by atoms with Gasteiger partial charge in [-0.15, -0.1) is 0 Å². The van der Waals surface area contributed by atoms with Crippen LogP contribution in [0.15, 0.2) is 34.2 Å². The molecule has 1 aromatic rings. The first-order chi connectivity index (χ1) is 9.40. The van der Waals surface area contributed by atoms with E-state index in [9.17, 15) is 18.0 Å². The molecule has 0 radical (unpaired) electrons. The highest BCUT2D eigenvalue weighted by Gasteiger charge is 2.38. The Labute approximate surface area is 115 Å². The van der Waals surface area contributed by atoms with Gasteiger partial charge < -0.3 is 0 Å². The number of amidine groups is 1. The van der Waals surface area contributed by atoms with Gasteiger partial charge in [0.25, 0.3) is 15.9 Å². The van der Waals surface area contributed by atoms with Gasteiger partial charge in [-0.05, 0) is 12.1 Å². The summed E-state index contributed by atoms with van der Waals surface area (Å²) in [5, 5.41) is 0. The van der Waals surface area contributed by atoms with Gasteiger partial charge in [0, 0.05) is 12.6 Å². The zero-order chi connectivity index (χ0) is 14.5. The minimum Gasteiger partial charge on any atom is -0.284 e. The zero-order valence-corrected chi connectivity index (χ0v) is 11.3. The molecule has 0 aliphatic carbocycles. The molecule has 0 bridgehead atoms.